The van der Waals surface area contributed by atoms with Gasteiger partial charge in [-0.1, -0.05) is 36.4 Å². The molecule has 0 aliphatic rings. The number of halogens is 1. The molecule has 22 heavy (non-hydrogen) atoms. The maximum absolute atomic E-state index is 12.6. The van der Waals surface area contributed by atoms with E-state index in [9.17, 15) is 9.90 Å². The average Bonchev–Trinajstić information content (AvgIpc) is 2.56. The minimum Gasteiger partial charge on any atom is -0.386 e. The number of carbonyl (C=O) groups excluding carboxylic acids is 1. The van der Waals surface area contributed by atoms with E-state index in [1.54, 1.807) is 18.0 Å². The monoisotopic (exact) mass is 323 g/mol. The molecule has 1 amide bonds. The molecule has 1 N–H and O–H groups in total. The number of likely N-dealkylation sites (N-methyl/N-ethyl adjacent to an activating group) is 1. The highest BCUT2D eigenvalue weighted by Crippen LogP contribution is 2.23. The molecule has 0 aliphatic carbocycles. The van der Waals surface area contributed by atoms with Crippen LogP contribution in [0.4, 0.5) is 0 Å². The maximum Gasteiger partial charge on any atom is 0.226 e. The van der Waals surface area contributed by atoms with E-state index < -0.39 is 6.10 Å². The molecule has 0 bridgehead atoms. The molecule has 1 aromatic rings. The number of carbonyl (C=O) groups is 1. The SMILES string of the molecule is C=CCC(CCCCl)C(=O)N(C)[C@H](C)[C@H](O)c1ccccc1. The van der Waals surface area contributed by atoms with Crippen LogP contribution in [0.5, 0.6) is 0 Å². The van der Waals surface area contributed by atoms with Crippen LogP contribution in [0.25, 0.3) is 0 Å². The molecule has 0 saturated heterocycles. The lowest BCUT2D eigenvalue weighted by Gasteiger charge is -2.32. The van der Waals surface area contributed by atoms with Gasteiger partial charge in [-0.3, -0.25) is 4.79 Å². The number of alkyl halides is 1. The Hall–Kier alpha value is -1.32. The zero-order chi connectivity index (χ0) is 16.5. The van der Waals surface area contributed by atoms with Crippen molar-refractivity contribution in [1.29, 1.82) is 0 Å². The van der Waals surface area contributed by atoms with Gasteiger partial charge < -0.3 is 10.0 Å². The third-order valence-electron chi connectivity index (χ3n) is 4.04. The number of nitrogens with zero attached hydrogens (tertiary/aromatic N) is 1. The van der Waals surface area contributed by atoms with E-state index in [4.69, 9.17) is 11.6 Å². The normalized spacial score (nSPS) is 14.9. The summed E-state index contributed by atoms with van der Waals surface area (Å²) in [7, 11) is 1.75. The molecule has 1 unspecified atom stereocenters. The minimum atomic E-state index is -0.701. The van der Waals surface area contributed by atoms with Crippen LogP contribution in [-0.4, -0.2) is 34.9 Å². The number of aliphatic hydroxyl groups excluding tert-OH is 1. The van der Waals surface area contributed by atoms with Crippen molar-refractivity contribution < 1.29 is 9.90 Å². The molecule has 0 heterocycles. The van der Waals surface area contributed by atoms with Crippen LogP contribution in [0.2, 0.25) is 0 Å². The standard InChI is InChI=1S/C18H26ClNO2/c1-4-9-16(12-8-13-19)18(22)20(3)14(2)17(21)15-10-6-5-7-11-15/h4-7,10-11,14,16-17,21H,1,8-9,12-13H2,2-3H3/t14-,16?,17+/m1/s1. The number of aliphatic hydroxyl groups is 1. The molecule has 0 spiro atoms. The molecular weight excluding hydrogens is 298 g/mol. The summed E-state index contributed by atoms with van der Waals surface area (Å²) < 4.78 is 0. The lowest BCUT2D eigenvalue weighted by atomic mass is 9.96. The fourth-order valence-electron chi connectivity index (χ4n) is 2.50. The average molecular weight is 324 g/mol. The number of benzene rings is 1. The molecule has 1 rings (SSSR count). The first-order chi connectivity index (χ1) is 10.5. The lowest BCUT2D eigenvalue weighted by molar-refractivity contribution is -0.138. The van der Waals surface area contributed by atoms with Gasteiger partial charge in [0.1, 0.15) is 0 Å². The van der Waals surface area contributed by atoms with E-state index in [0.717, 1.165) is 18.4 Å². The van der Waals surface area contributed by atoms with Crippen molar-refractivity contribution in [3.05, 3.63) is 48.6 Å². The molecule has 1 aromatic carbocycles. The quantitative estimate of drug-likeness (QED) is 0.555. The van der Waals surface area contributed by atoms with Crippen LogP contribution in [0.3, 0.4) is 0 Å². The van der Waals surface area contributed by atoms with Crippen LogP contribution >= 0.6 is 11.6 Å². The van der Waals surface area contributed by atoms with Crippen molar-refractivity contribution in [2.45, 2.75) is 38.3 Å². The topological polar surface area (TPSA) is 40.5 Å². The second kappa shape index (κ2) is 9.65. The van der Waals surface area contributed by atoms with E-state index in [0.29, 0.717) is 12.3 Å². The van der Waals surface area contributed by atoms with Gasteiger partial charge in [-0.05, 0) is 31.7 Å². The predicted molar refractivity (Wildman–Crippen MR) is 91.9 cm³/mol. The summed E-state index contributed by atoms with van der Waals surface area (Å²) in [6, 6.07) is 9.12. The first-order valence-electron chi connectivity index (χ1n) is 7.69. The van der Waals surface area contributed by atoms with Crippen LogP contribution in [-0.2, 0) is 4.79 Å². The highest BCUT2D eigenvalue weighted by atomic mass is 35.5. The number of hydrogen-bond donors (Lipinski definition) is 1. The number of rotatable bonds is 9. The van der Waals surface area contributed by atoms with Gasteiger partial charge in [0.15, 0.2) is 0 Å². The van der Waals surface area contributed by atoms with Crippen molar-refractivity contribution in [1.82, 2.24) is 4.90 Å². The molecule has 4 heteroatoms. The molecule has 122 valence electrons. The largest absolute Gasteiger partial charge is 0.386 e. The summed E-state index contributed by atoms with van der Waals surface area (Å²) >= 11 is 5.73. The molecule has 3 atom stereocenters. The summed E-state index contributed by atoms with van der Waals surface area (Å²) in [5, 5.41) is 10.5. The molecule has 0 radical (unpaired) electrons. The van der Waals surface area contributed by atoms with Gasteiger partial charge >= 0.3 is 0 Å². The number of hydrogen-bond acceptors (Lipinski definition) is 2. The molecule has 3 nitrogen and oxygen atoms in total. The van der Waals surface area contributed by atoms with Gasteiger partial charge in [0, 0.05) is 18.8 Å². The summed E-state index contributed by atoms with van der Waals surface area (Å²) in [6.07, 6.45) is 3.24. The first-order valence-corrected chi connectivity index (χ1v) is 8.22. The highest BCUT2D eigenvalue weighted by molar-refractivity contribution is 6.17. The Kier molecular flexibility index (Phi) is 8.21. The first kappa shape index (κ1) is 18.7. The Bertz CT molecular complexity index is 463. The van der Waals surface area contributed by atoms with Crippen molar-refractivity contribution in [2.24, 2.45) is 5.92 Å². The van der Waals surface area contributed by atoms with Gasteiger partial charge in [0.05, 0.1) is 12.1 Å². The summed E-state index contributed by atoms with van der Waals surface area (Å²) in [6.45, 7) is 5.59. The van der Waals surface area contributed by atoms with E-state index >= 15 is 0 Å². The van der Waals surface area contributed by atoms with Crippen molar-refractivity contribution in [3.8, 4) is 0 Å². The smallest absolute Gasteiger partial charge is 0.226 e. The molecular formula is C18H26ClNO2. The third kappa shape index (κ3) is 5.15. The molecule has 0 fully saturated rings. The van der Waals surface area contributed by atoms with E-state index in [1.165, 1.54) is 0 Å². The van der Waals surface area contributed by atoms with Gasteiger partial charge in [0.25, 0.3) is 0 Å². The second-order valence-corrected chi connectivity index (χ2v) is 5.98. The fraction of sp³-hybridized carbons (Fsp3) is 0.500. The second-order valence-electron chi connectivity index (χ2n) is 5.60. The molecule has 0 aromatic heterocycles. The van der Waals surface area contributed by atoms with Crippen LogP contribution in [0, 0.1) is 5.92 Å². The summed E-state index contributed by atoms with van der Waals surface area (Å²) in [4.78, 5) is 14.3. The van der Waals surface area contributed by atoms with Gasteiger partial charge in [-0.25, -0.2) is 0 Å². The van der Waals surface area contributed by atoms with Gasteiger partial charge in [-0.15, -0.1) is 18.2 Å². The van der Waals surface area contributed by atoms with Crippen molar-refractivity contribution in [3.63, 3.8) is 0 Å². The third-order valence-corrected chi connectivity index (χ3v) is 4.31. The highest BCUT2D eigenvalue weighted by Gasteiger charge is 2.28. The molecule has 0 saturated carbocycles. The van der Waals surface area contributed by atoms with Gasteiger partial charge in [-0.2, -0.15) is 0 Å². The van der Waals surface area contributed by atoms with Gasteiger partial charge in [0.2, 0.25) is 5.91 Å². The van der Waals surface area contributed by atoms with E-state index in [-0.39, 0.29) is 17.9 Å². The van der Waals surface area contributed by atoms with Crippen LogP contribution in [0.1, 0.15) is 37.9 Å². The summed E-state index contributed by atoms with van der Waals surface area (Å²) in [5.74, 6) is 0.464. The van der Waals surface area contributed by atoms with Crippen LogP contribution < -0.4 is 0 Å². The Morgan fingerprint density at radius 2 is 2.05 bits per heavy atom. The minimum absolute atomic E-state index is 0.0347. The zero-order valence-electron chi connectivity index (χ0n) is 13.4. The fourth-order valence-corrected chi connectivity index (χ4v) is 2.65. The Balaban J connectivity index is 2.76. The van der Waals surface area contributed by atoms with E-state index in [1.807, 2.05) is 37.3 Å². The number of allylic oxidation sites excluding steroid dienone is 1. The Morgan fingerprint density at radius 1 is 1.41 bits per heavy atom. The van der Waals surface area contributed by atoms with E-state index in [2.05, 4.69) is 6.58 Å². The molecule has 0 aliphatic heterocycles. The Morgan fingerprint density at radius 3 is 2.59 bits per heavy atom. The zero-order valence-corrected chi connectivity index (χ0v) is 14.2. The van der Waals surface area contributed by atoms with Crippen molar-refractivity contribution in [2.75, 3.05) is 12.9 Å². The maximum atomic E-state index is 12.6. The van der Waals surface area contributed by atoms with Crippen molar-refractivity contribution >= 4 is 17.5 Å². The lowest BCUT2D eigenvalue weighted by Crippen LogP contribution is -2.42. The number of amides is 1. The Labute approximate surface area is 138 Å². The van der Waals surface area contributed by atoms with Crippen LogP contribution in [0.15, 0.2) is 43.0 Å². The predicted octanol–water partition coefficient (Wildman–Crippen LogP) is 3.78. The summed E-state index contributed by atoms with van der Waals surface area (Å²) in [5.41, 5.74) is 0.815.